The van der Waals surface area contributed by atoms with E-state index < -0.39 is 0 Å². The van der Waals surface area contributed by atoms with E-state index in [0.29, 0.717) is 33.8 Å². The maximum absolute atomic E-state index is 12.9. The minimum absolute atomic E-state index is 0.138. The van der Waals surface area contributed by atoms with Crippen molar-refractivity contribution in [3.8, 4) is 34.3 Å². The molecule has 136 valence electrons. The normalized spacial score (nSPS) is 10.9. The molecule has 4 rings (SSSR count). The first kappa shape index (κ1) is 16.8. The van der Waals surface area contributed by atoms with Gasteiger partial charge in [0, 0.05) is 17.1 Å². The summed E-state index contributed by atoms with van der Waals surface area (Å²) in [4.78, 5) is 20.4. The van der Waals surface area contributed by atoms with Crippen LogP contribution in [-0.2, 0) is 0 Å². The zero-order chi connectivity index (χ0) is 19.0. The Balaban J connectivity index is 1.84. The van der Waals surface area contributed by atoms with Gasteiger partial charge in [0.25, 0.3) is 5.89 Å². The van der Waals surface area contributed by atoms with Gasteiger partial charge in [-0.05, 0) is 31.2 Å². The number of nitrogens with zero attached hydrogens (tertiary/aromatic N) is 2. The van der Waals surface area contributed by atoms with Crippen molar-refractivity contribution in [2.75, 3.05) is 14.2 Å². The Kier molecular flexibility index (Phi) is 4.12. The molecule has 0 aliphatic rings. The van der Waals surface area contributed by atoms with Gasteiger partial charge in [0.2, 0.25) is 11.3 Å². The van der Waals surface area contributed by atoms with Crippen molar-refractivity contribution in [2.24, 2.45) is 0 Å². The van der Waals surface area contributed by atoms with Gasteiger partial charge in [-0.3, -0.25) is 4.79 Å². The standard InChI is InChI=1S/C20H17N3O4/c1-11-7-8-15-13(9-11)17(24)14(10-21-15)20-22-19(23-27-20)12-5-4-6-16(25-2)18(12)26-3/h4-10H,1-3H3,(H,21,24). The number of aromatic amines is 1. The van der Waals surface area contributed by atoms with E-state index >= 15 is 0 Å². The number of H-pyrrole nitrogens is 1. The molecule has 0 atom stereocenters. The number of methoxy groups -OCH3 is 2. The number of benzene rings is 2. The van der Waals surface area contributed by atoms with Gasteiger partial charge in [-0.25, -0.2) is 0 Å². The number of rotatable bonds is 4. The second kappa shape index (κ2) is 6.60. The molecule has 0 amide bonds. The highest BCUT2D eigenvalue weighted by molar-refractivity contribution is 5.82. The Bertz CT molecular complexity index is 1190. The van der Waals surface area contributed by atoms with E-state index in [9.17, 15) is 4.79 Å². The fourth-order valence-electron chi connectivity index (χ4n) is 3.00. The van der Waals surface area contributed by atoms with Gasteiger partial charge >= 0.3 is 0 Å². The predicted molar refractivity (Wildman–Crippen MR) is 101 cm³/mol. The summed E-state index contributed by atoms with van der Waals surface area (Å²) < 4.78 is 16.1. The van der Waals surface area contributed by atoms with Crippen molar-refractivity contribution >= 4 is 10.9 Å². The summed E-state index contributed by atoms with van der Waals surface area (Å²) in [7, 11) is 3.10. The van der Waals surface area contributed by atoms with Crippen LogP contribution in [0.4, 0.5) is 0 Å². The third kappa shape index (κ3) is 2.83. The molecule has 0 saturated heterocycles. The van der Waals surface area contributed by atoms with E-state index in [1.165, 1.54) is 0 Å². The highest BCUT2D eigenvalue weighted by Crippen LogP contribution is 2.36. The Hall–Kier alpha value is -3.61. The molecule has 7 nitrogen and oxygen atoms in total. The van der Waals surface area contributed by atoms with Crippen molar-refractivity contribution < 1.29 is 14.0 Å². The summed E-state index contributed by atoms with van der Waals surface area (Å²) in [5, 5.41) is 4.59. The first-order valence-corrected chi connectivity index (χ1v) is 8.30. The number of aryl methyl sites for hydroxylation is 1. The summed E-state index contributed by atoms with van der Waals surface area (Å²) in [6.45, 7) is 1.94. The Morgan fingerprint density at radius 3 is 2.70 bits per heavy atom. The Labute approximate surface area is 154 Å². The molecule has 0 radical (unpaired) electrons. The number of pyridine rings is 1. The van der Waals surface area contributed by atoms with Crippen LogP contribution in [0.1, 0.15) is 5.56 Å². The lowest BCUT2D eigenvalue weighted by Gasteiger charge is -2.09. The molecule has 0 saturated carbocycles. The lowest BCUT2D eigenvalue weighted by molar-refractivity contribution is 0.355. The van der Waals surface area contributed by atoms with Gasteiger partial charge < -0.3 is 19.0 Å². The second-order valence-electron chi connectivity index (χ2n) is 6.04. The molecule has 0 aliphatic carbocycles. The molecule has 1 N–H and O–H groups in total. The lowest BCUT2D eigenvalue weighted by Crippen LogP contribution is -2.06. The topological polar surface area (TPSA) is 90.2 Å². The molecule has 7 heteroatoms. The molecule has 27 heavy (non-hydrogen) atoms. The number of aromatic nitrogens is 3. The predicted octanol–water partition coefficient (Wildman–Crippen LogP) is 3.57. The first-order chi connectivity index (χ1) is 13.1. The van der Waals surface area contributed by atoms with Crippen LogP contribution in [0.25, 0.3) is 33.7 Å². The van der Waals surface area contributed by atoms with Gasteiger partial charge in [-0.1, -0.05) is 22.9 Å². The van der Waals surface area contributed by atoms with E-state index in [4.69, 9.17) is 14.0 Å². The second-order valence-corrected chi connectivity index (χ2v) is 6.04. The highest BCUT2D eigenvalue weighted by atomic mass is 16.5. The summed E-state index contributed by atoms with van der Waals surface area (Å²) in [6.07, 6.45) is 1.58. The Morgan fingerprint density at radius 2 is 1.93 bits per heavy atom. The minimum atomic E-state index is -0.166. The van der Waals surface area contributed by atoms with Crippen molar-refractivity contribution in [3.63, 3.8) is 0 Å². The average Bonchev–Trinajstić information content (AvgIpc) is 3.17. The molecule has 2 aromatic carbocycles. The van der Waals surface area contributed by atoms with E-state index in [-0.39, 0.29) is 11.3 Å². The average molecular weight is 363 g/mol. The van der Waals surface area contributed by atoms with Gasteiger partial charge in [0.1, 0.15) is 5.56 Å². The number of fused-ring (bicyclic) bond motifs is 1. The monoisotopic (exact) mass is 363 g/mol. The minimum Gasteiger partial charge on any atom is -0.493 e. The maximum atomic E-state index is 12.9. The third-order valence-electron chi connectivity index (χ3n) is 4.34. The SMILES string of the molecule is COc1cccc(-c2noc(-c3c[nH]c4ccc(C)cc4c3=O)n2)c1OC. The fraction of sp³-hybridized carbons (Fsp3) is 0.150. The van der Waals surface area contributed by atoms with Crippen molar-refractivity contribution in [2.45, 2.75) is 6.92 Å². The van der Waals surface area contributed by atoms with Crippen LogP contribution in [0, 0.1) is 6.92 Å². The maximum Gasteiger partial charge on any atom is 0.263 e. The lowest BCUT2D eigenvalue weighted by atomic mass is 10.1. The van der Waals surface area contributed by atoms with Crippen molar-refractivity contribution in [1.29, 1.82) is 0 Å². The van der Waals surface area contributed by atoms with Crippen LogP contribution in [0.15, 0.2) is 51.9 Å². The third-order valence-corrected chi connectivity index (χ3v) is 4.34. The van der Waals surface area contributed by atoms with Crippen LogP contribution in [-0.4, -0.2) is 29.3 Å². The smallest absolute Gasteiger partial charge is 0.263 e. The van der Waals surface area contributed by atoms with Crippen LogP contribution < -0.4 is 14.9 Å². The van der Waals surface area contributed by atoms with Crippen LogP contribution in [0.5, 0.6) is 11.5 Å². The van der Waals surface area contributed by atoms with Crippen molar-refractivity contribution in [3.05, 3.63) is 58.4 Å². The number of para-hydroxylation sites is 1. The van der Waals surface area contributed by atoms with Crippen LogP contribution in [0.3, 0.4) is 0 Å². The molecule has 0 unspecified atom stereocenters. The molecule has 2 aromatic heterocycles. The van der Waals surface area contributed by atoms with E-state index in [2.05, 4.69) is 15.1 Å². The van der Waals surface area contributed by atoms with E-state index in [1.54, 1.807) is 38.6 Å². The van der Waals surface area contributed by atoms with Crippen LogP contribution in [0.2, 0.25) is 0 Å². The summed E-state index contributed by atoms with van der Waals surface area (Å²) in [5.41, 5.74) is 2.51. The molecular weight excluding hydrogens is 346 g/mol. The molecule has 0 fully saturated rings. The molecule has 0 spiro atoms. The zero-order valence-electron chi connectivity index (χ0n) is 15.1. The van der Waals surface area contributed by atoms with E-state index in [1.807, 2.05) is 25.1 Å². The van der Waals surface area contributed by atoms with Gasteiger partial charge in [-0.15, -0.1) is 0 Å². The number of hydrogen-bond donors (Lipinski definition) is 1. The van der Waals surface area contributed by atoms with Gasteiger partial charge in [0.05, 0.1) is 19.8 Å². The molecule has 0 bridgehead atoms. The highest BCUT2D eigenvalue weighted by Gasteiger charge is 2.19. The molecule has 0 aliphatic heterocycles. The molecule has 2 heterocycles. The van der Waals surface area contributed by atoms with Crippen molar-refractivity contribution in [1.82, 2.24) is 15.1 Å². The molecule has 4 aromatic rings. The summed E-state index contributed by atoms with van der Waals surface area (Å²) >= 11 is 0. The summed E-state index contributed by atoms with van der Waals surface area (Å²) in [5.74, 6) is 1.50. The van der Waals surface area contributed by atoms with Gasteiger partial charge in [0.15, 0.2) is 11.5 Å². The number of ether oxygens (including phenoxy) is 2. The number of nitrogens with one attached hydrogen (secondary N) is 1. The van der Waals surface area contributed by atoms with Crippen LogP contribution >= 0.6 is 0 Å². The first-order valence-electron chi connectivity index (χ1n) is 8.30. The van der Waals surface area contributed by atoms with E-state index in [0.717, 1.165) is 11.1 Å². The summed E-state index contributed by atoms with van der Waals surface area (Å²) in [6, 6.07) is 11.0. The quantitative estimate of drug-likeness (QED) is 0.596. The number of hydrogen-bond acceptors (Lipinski definition) is 6. The largest absolute Gasteiger partial charge is 0.493 e. The Morgan fingerprint density at radius 1 is 1.07 bits per heavy atom. The zero-order valence-corrected chi connectivity index (χ0v) is 15.1. The molecular formula is C20H17N3O4. The fourth-order valence-corrected chi connectivity index (χ4v) is 3.00. The van der Waals surface area contributed by atoms with Gasteiger partial charge in [-0.2, -0.15) is 4.98 Å².